The van der Waals surface area contributed by atoms with Crippen LogP contribution in [0.25, 0.3) is 28.2 Å². The van der Waals surface area contributed by atoms with Gasteiger partial charge in [-0.2, -0.15) is 0 Å². The summed E-state index contributed by atoms with van der Waals surface area (Å²) in [6, 6.07) is 12.5. The Morgan fingerprint density at radius 3 is 2.70 bits per heavy atom. The highest BCUT2D eigenvalue weighted by molar-refractivity contribution is 5.93. The molecule has 0 aliphatic carbocycles. The number of aromatic nitrogens is 2. The average molecular weight is 402 g/mol. The Hall–Kier alpha value is -3.25. The van der Waals surface area contributed by atoms with E-state index in [1.54, 1.807) is 12.3 Å². The van der Waals surface area contributed by atoms with Gasteiger partial charge in [0.05, 0.1) is 18.3 Å². The van der Waals surface area contributed by atoms with Gasteiger partial charge in [-0.05, 0) is 56.8 Å². The Balaban J connectivity index is 1.63. The van der Waals surface area contributed by atoms with Gasteiger partial charge in [0.2, 0.25) is 0 Å². The topological polar surface area (TPSA) is 67.3 Å². The van der Waals surface area contributed by atoms with Crippen molar-refractivity contribution in [3.8, 4) is 11.3 Å². The molecule has 1 aliphatic heterocycles. The summed E-state index contributed by atoms with van der Waals surface area (Å²) in [6.45, 7) is 2.21. The standard InChI is InChI=1S/C24H26N4O2/c1-28-13-10-19(11-14-28)26-23-15-22(27-21-9-12-25-16-20(21)23)18-6-3-17(4-7-18)5-8-24(29)30-2/h3-9,12,15-16,19H,10-11,13-14H2,1-2H3,(H,26,27)/b8-5+. The second-order valence-corrected chi connectivity index (χ2v) is 7.65. The predicted molar refractivity (Wildman–Crippen MR) is 120 cm³/mol. The zero-order valence-electron chi connectivity index (χ0n) is 17.3. The minimum atomic E-state index is -0.367. The lowest BCUT2D eigenvalue weighted by Gasteiger charge is -2.30. The van der Waals surface area contributed by atoms with Crippen molar-refractivity contribution in [1.29, 1.82) is 0 Å². The number of esters is 1. The van der Waals surface area contributed by atoms with Gasteiger partial charge in [0.15, 0.2) is 0 Å². The number of nitrogens with zero attached hydrogens (tertiary/aromatic N) is 3. The zero-order chi connectivity index (χ0) is 20.9. The molecule has 0 atom stereocenters. The molecule has 3 aromatic rings. The fourth-order valence-electron chi connectivity index (χ4n) is 3.71. The number of likely N-dealkylation sites (tertiary alicyclic amines) is 1. The fourth-order valence-corrected chi connectivity index (χ4v) is 3.71. The largest absolute Gasteiger partial charge is 0.466 e. The molecule has 1 saturated heterocycles. The van der Waals surface area contributed by atoms with E-state index < -0.39 is 0 Å². The Bertz CT molecular complexity index is 1050. The van der Waals surface area contributed by atoms with Gasteiger partial charge in [-0.1, -0.05) is 24.3 Å². The molecule has 0 radical (unpaired) electrons. The number of nitrogens with one attached hydrogen (secondary N) is 1. The van der Waals surface area contributed by atoms with E-state index in [2.05, 4.69) is 33.1 Å². The summed E-state index contributed by atoms with van der Waals surface area (Å²) in [7, 11) is 3.54. The highest BCUT2D eigenvalue weighted by atomic mass is 16.5. The Kier molecular flexibility index (Phi) is 6.05. The average Bonchev–Trinajstić information content (AvgIpc) is 2.79. The minimum absolute atomic E-state index is 0.367. The number of anilines is 1. The van der Waals surface area contributed by atoms with Crippen LogP contribution in [-0.2, 0) is 9.53 Å². The molecule has 6 nitrogen and oxygen atoms in total. The van der Waals surface area contributed by atoms with Crippen LogP contribution >= 0.6 is 0 Å². The normalized spacial score (nSPS) is 15.5. The van der Waals surface area contributed by atoms with Crippen molar-refractivity contribution in [2.24, 2.45) is 0 Å². The molecule has 1 N–H and O–H groups in total. The van der Waals surface area contributed by atoms with E-state index in [1.807, 2.05) is 36.5 Å². The summed E-state index contributed by atoms with van der Waals surface area (Å²) in [6.07, 6.45) is 9.06. The number of rotatable bonds is 5. The van der Waals surface area contributed by atoms with E-state index in [0.717, 1.165) is 59.3 Å². The number of piperidine rings is 1. The highest BCUT2D eigenvalue weighted by Crippen LogP contribution is 2.29. The molecule has 0 spiro atoms. The van der Waals surface area contributed by atoms with E-state index in [1.165, 1.54) is 13.2 Å². The minimum Gasteiger partial charge on any atom is -0.466 e. The summed E-state index contributed by atoms with van der Waals surface area (Å²) >= 11 is 0. The van der Waals surface area contributed by atoms with E-state index >= 15 is 0 Å². The molecule has 0 saturated carbocycles. The Morgan fingerprint density at radius 1 is 1.20 bits per heavy atom. The Morgan fingerprint density at radius 2 is 1.97 bits per heavy atom. The first-order valence-corrected chi connectivity index (χ1v) is 10.2. The molecule has 154 valence electrons. The third-order valence-electron chi connectivity index (χ3n) is 5.51. The number of methoxy groups -OCH3 is 1. The van der Waals surface area contributed by atoms with Gasteiger partial charge in [-0.3, -0.25) is 4.98 Å². The van der Waals surface area contributed by atoms with Crippen LogP contribution in [0.3, 0.4) is 0 Å². The second kappa shape index (κ2) is 9.05. The molecule has 2 aromatic heterocycles. The molecular weight excluding hydrogens is 376 g/mol. The highest BCUT2D eigenvalue weighted by Gasteiger charge is 2.18. The van der Waals surface area contributed by atoms with Crippen LogP contribution in [0.5, 0.6) is 0 Å². The van der Waals surface area contributed by atoms with E-state index in [9.17, 15) is 4.79 Å². The number of carbonyl (C=O) groups is 1. The summed E-state index contributed by atoms with van der Waals surface area (Å²) < 4.78 is 4.64. The summed E-state index contributed by atoms with van der Waals surface area (Å²) in [5.74, 6) is -0.367. The number of hydrogen-bond donors (Lipinski definition) is 1. The lowest BCUT2D eigenvalue weighted by atomic mass is 10.0. The fraction of sp³-hybridized carbons (Fsp3) is 0.292. The van der Waals surface area contributed by atoms with Crippen LogP contribution in [0.1, 0.15) is 18.4 Å². The maximum atomic E-state index is 11.3. The van der Waals surface area contributed by atoms with Crippen LogP contribution < -0.4 is 5.32 Å². The molecule has 1 fully saturated rings. The lowest BCUT2D eigenvalue weighted by Crippen LogP contribution is -2.36. The Labute approximate surface area is 176 Å². The number of fused-ring (bicyclic) bond motifs is 1. The SMILES string of the molecule is COC(=O)/C=C/c1ccc(-c2cc(NC3CCN(C)CC3)c3cnccc3n2)cc1. The maximum absolute atomic E-state index is 11.3. The third-order valence-corrected chi connectivity index (χ3v) is 5.51. The summed E-state index contributed by atoms with van der Waals surface area (Å²) in [4.78, 5) is 22.8. The van der Waals surface area contributed by atoms with Crippen LogP contribution in [-0.4, -0.2) is 54.1 Å². The molecule has 0 unspecified atom stereocenters. The number of hydrogen-bond acceptors (Lipinski definition) is 6. The van der Waals surface area contributed by atoms with Gasteiger partial charge < -0.3 is 15.0 Å². The van der Waals surface area contributed by atoms with Gasteiger partial charge in [0, 0.05) is 41.1 Å². The van der Waals surface area contributed by atoms with Crippen molar-refractivity contribution >= 4 is 28.6 Å². The smallest absolute Gasteiger partial charge is 0.330 e. The summed E-state index contributed by atoms with van der Waals surface area (Å²) in [5, 5.41) is 4.78. The van der Waals surface area contributed by atoms with Crippen molar-refractivity contribution < 1.29 is 9.53 Å². The van der Waals surface area contributed by atoms with Gasteiger partial charge in [0.25, 0.3) is 0 Å². The van der Waals surface area contributed by atoms with Gasteiger partial charge in [-0.25, -0.2) is 9.78 Å². The zero-order valence-corrected chi connectivity index (χ0v) is 17.3. The number of benzene rings is 1. The quantitative estimate of drug-likeness (QED) is 0.514. The van der Waals surface area contributed by atoms with Crippen molar-refractivity contribution in [2.75, 3.05) is 32.6 Å². The molecule has 3 heterocycles. The number of pyridine rings is 2. The number of ether oxygens (including phenoxy) is 1. The second-order valence-electron chi connectivity index (χ2n) is 7.65. The molecular formula is C24H26N4O2. The van der Waals surface area contributed by atoms with Crippen molar-refractivity contribution in [3.05, 3.63) is 60.4 Å². The molecule has 6 heteroatoms. The third kappa shape index (κ3) is 4.66. The van der Waals surface area contributed by atoms with Crippen molar-refractivity contribution in [3.63, 3.8) is 0 Å². The number of carbonyl (C=O) groups excluding carboxylic acids is 1. The van der Waals surface area contributed by atoms with Crippen LogP contribution in [0.2, 0.25) is 0 Å². The van der Waals surface area contributed by atoms with Crippen LogP contribution in [0.4, 0.5) is 5.69 Å². The predicted octanol–water partition coefficient (Wildman–Crippen LogP) is 3.99. The molecule has 30 heavy (non-hydrogen) atoms. The van der Waals surface area contributed by atoms with Gasteiger partial charge >= 0.3 is 5.97 Å². The van der Waals surface area contributed by atoms with E-state index in [-0.39, 0.29) is 5.97 Å². The first-order valence-electron chi connectivity index (χ1n) is 10.2. The monoisotopic (exact) mass is 402 g/mol. The van der Waals surface area contributed by atoms with Crippen molar-refractivity contribution in [1.82, 2.24) is 14.9 Å². The van der Waals surface area contributed by atoms with E-state index in [0.29, 0.717) is 6.04 Å². The lowest BCUT2D eigenvalue weighted by molar-refractivity contribution is -0.134. The molecule has 1 aromatic carbocycles. The van der Waals surface area contributed by atoms with E-state index in [4.69, 9.17) is 4.98 Å². The molecule has 1 aliphatic rings. The van der Waals surface area contributed by atoms with Crippen molar-refractivity contribution in [2.45, 2.75) is 18.9 Å². The van der Waals surface area contributed by atoms with Crippen LogP contribution in [0.15, 0.2) is 54.9 Å². The van der Waals surface area contributed by atoms with Gasteiger partial charge in [-0.15, -0.1) is 0 Å². The summed E-state index contributed by atoms with van der Waals surface area (Å²) in [5.41, 5.74) is 4.86. The molecule has 4 rings (SSSR count). The first-order chi connectivity index (χ1) is 14.6. The first kappa shape index (κ1) is 20.0. The van der Waals surface area contributed by atoms with Crippen LogP contribution in [0, 0.1) is 0 Å². The molecule has 0 amide bonds. The van der Waals surface area contributed by atoms with Gasteiger partial charge in [0.1, 0.15) is 0 Å². The molecule has 0 bridgehead atoms. The maximum Gasteiger partial charge on any atom is 0.330 e.